The van der Waals surface area contributed by atoms with Gasteiger partial charge in [-0.05, 0) is 13.2 Å². The molecule has 0 aromatic carbocycles. The first kappa shape index (κ1) is 14.4. The summed E-state index contributed by atoms with van der Waals surface area (Å²) in [5.74, 6) is 2.14. The van der Waals surface area contributed by atoms with E-state index in [0.717, 1.165) is 29.0 Å². The molecule has 7 nitrogen and oxygen atoms in total. The lowest BCUT2D eigenvalue weighted by Gasteiger charge is -2.06. The van der Waals surface area contributed by atoms with Gasteiger partial charge in [0.1, 0.15) is 5.82 Å². The smallest absolute Gasteiger partial charge is 0.320 e. The molecule has 108 valence electrons. The lowest BCUT2D eigenvalue weighted by molar-refractivity contribution is 0.252. The van der Waals surface area contributed by atoms with Crippen molar-refractivity contribution in [1.29, 1.82) is 0 Å². The van der Waals surface area contributed by atoms with Gasteiger partial charge in [-0.25, -0.2) is 9.78 Å². The predicted molar refractivity (Wildman–Crippen MR) is 83.5 cm³/mol. The molecule has 0 aliphatic carbocycles. The number of hydrogen-bond acceptors (Lipinski definition) is 5. The number of aromatic amines is 1. The highest BCUT2D eigenvalue weighted by molar-refractivity contribution is 7.98. The molecule has 0 aliphatic heterocycles. The average Bonchev–Trinajstić information content (AvgIpc) is 2.82. The van der Waals surface area contributed by atoms with Crippen molar-refractivity contribution in [2.45, 2.75) is 6.92 Å². The fourth-order valence-corrected chi connectivity index (χ4v) is 2.02. The Bertz CT molecular complexity index is 584. The number of amides is 2. The standard InChI is InChI=1S/C12H18N6OS/c1-3-13-11-8-7-15-10(6-9(8)17-18-11)16-12(19)14-4-5-20-2/h6-7H,3-5H2,1-2H3,(H2,13,17,18)(H2,14,15,16,19). The Labute approximate surface area is 121 Å². The van der Waals surface area contributed by atoms with E-state index < -0.39 is 0 Å². The van der Waals surface area contributed by atoms with E-state index in [1.54, 1.807) is 24.0 Å². The van der Waals surface area contributed by atoms with Crippen LogP contribution in [0.2, 0.25) is 0 Å². The maximum Gasteiger partial charge on any atom is 0.320 e. The van der Waals surface area contributed by atoms with E-state index in [2.05, 4.69) is 31.1 Å². The molecule has 2 amide bonds. The minimum Gasteiger partial charge on any atom is -0.368 e. The number of nitrogens with zero attached hydrogens (tertiary/aromatic N) is 2. The summed E-state index contributed by atoms with van der Waals surface area (Å²) < 4.78 is 0. The second-order valence-corrected chi connectivity index (χ2v) is 5.08. The molecule has 20 heavy (non-hydrogen) atoms. The van der Waals surface area contributed by atoms with E-state index in [0.29, 0.717) is 12.4 Å². The average molecular weight is 294 g/mol. The Morgan fingerprint density at radius 3 is 3.10 bits per heavy atom. The highest BCUT2D eigenvalue weighted by Gasteiger charge is 2.08. The molecule has 0 aliphatic rings. The molecule has 8 heteroatoms. The molecule has 0 spiro atoms. The molecular formula is C12H18N6OS. The maximum absolute atomic E-state index is 11.6. The normalized spacial score (nSPS) is 10.5. The summed E-state index contributed by atoms with van der Waals surface area (Å²) in [5.41, 5.74) is 0.829. The molecule has 0 radical (unpaired) electrons. The number of H-pyrrole nitrogens is 1. The number of urea groups is 1. The molecule has 0 saturated carbocycles. The van der Waals surface area contributed by atoms with Crippen LogP contribution in [0.5, 0.6) is 0 Å². The van der Waals surface area contributed by atoms with E-state index in [1.165, 1.54) is 0 Å². The van der Waals surface area contributed by atoms with Crippen LogP contribution in [0.1, 0.15) is 6.92 Å². The van der Waals surface area contributed by atoms with Gasteiger partial charge in [0.15, 0.2) is 5.82 Å². The lowest BCUT2D eigenvalue weighted by atomic mass is 10.3. The molecule has 0 unspecified atom stereocenters. The Kier molecular flexibility index (Phi) is 5.05. The summed E-state index contributed by atoms with van der Waals surface area (Å²) in [4.78, 5) is 15.8. The first-order valence-corrected chi connectivity index (χ1v) is 7.75. The van der Waals surface area contributed by atoms with Crippen molar-refractivity contribution in [2.75, 3.05) is 35.7 Å². The van der Waals surface area contributed by atoms with Gasteiger partial charge in [0.2, 0.25) is 0 Å². The third-order valence-electron chi connectivity index (χ3n) is 2.62. The van der Waals surface area contributed by atoms with Crippen LogP contribution >= 0.6 is 11.8 Å². The second kappa shape index (κ2) is 6.99. The van der Waals surface area contributed by atoms with Gasteiger partial charge in [0.05, 0.1) is 10.9 Å². The Morgan fingerprint density at radius 2 is 2.35 bits per heavy atom. The number of rotatable bonds is 6. The van der Waals surface area contributed by atoms with Crippen molar-refractivity contribution in [3.05, 3.63) is 12.3 Å². The van der Waals surface area contributed by atoms with Gasteiger partial charge in [-0.2, -0.15) is 16.9 Å². The third kappa shape index (κ3) is 3.53. The van der Waals surface area contributed by atoms with Crippen LogP contribution < -0.4 is 16.0 Å². The fourth-order valence-electron chi connectivity index (χ4n) is 1.71. The van der Waals surface area contributed by atoms with Crippen molar-refractivity contribution in [3.63, 3.8) is 0 Å². The highest BCUT2D eigenvalue weighted by atomic mass is 32.2. The second-order valence-electron chi connectivity index (χ2n) is 4.09. The summed E-state index contributed by atoms with van der Waals surface area (Å²) in [5, 5.41) is 16.6. The number of fused-ring (bicyclic) bond motifs is 1. The van der Waals surface area contributed by atoms with Gasteiger partial charge < -0.3 is 10.6 Å². The number of thioether (sulfide) groups is 1. The molecule has 2 heterocycles. The number of hydrogen-bond donors (Lipinski definition) is 4. The number of aromatic nitrogens is 3. The SMILES string of the molecule is CCNc1n[nH]c2cc(NC(=O)NCCSC)ncc12. The molecule has 4 N–H and O–H groups in total. The van der Waals surface area contributed by atoms with Crippen molar-refractivity contribution in [3.8, 4) is 0 Å². The Morgan fingerprint density at radius 1 is 1.50 bits per heavy atom. The molecule has 0 atom stereocenters. The molecule has 2 aromatic rings. The largest absolute Gasteiger partial charge is 0.368 e. The van der Waals surface area contributed by atoms with Crippen LogP contribution in [0.3, 0.4) is 0 Å². The Balaban J connectivity index is 2.03. The number of anilines is 2. The van der Waals surface area contributed by atoms with Crippen LogP contribution in [0.25, 0.3) is 10.9 Å². The van der Waals surface area contributed by atoms with Gasteiger partial charge in [0, 0.05) is 31.1 Å². The number of nitrogens with one attached hydrogen (secondary N) is 4. The van der Waals surface area contributed by atoms with Crippen LogP contribution in [0, 0.1) is 0 Å². The van der Waals surface area contributed by atoms with Crippen LogP contribution in [0.15, 0.2) is 12.3 Å². The summed E-state index contributed by atoms with van der Waals surface area (Å²) in [6, 6.07) is 1.51. The van der Waals surface area contributed by atoms with E-state index in [9.17, 15) is 4.79 Å². The first-order chi connectivity index (χ1) is 9.74. The zero-order valence-electron chi connectivity index (χ0n) is 11.5. The number of carbonyl (C=O) groups is 1. The van der Waals surface area contributed by atoms with Gasteiger partial charge in [-0.15, -0.1) is 0 Å². The summed E-state index contributed by atoms with van der Waals surface area (Å²) in [7, 11) is 0. The van der Waals surface area contributed by atoms with Crippen LogP contribution in [-0.4, -0.2) is 46.3 Å². The van der Waals surface area contributed by atoms with Crippen molar-refractivity contribution in [1.82, 2.24) is 20.5 Å². The number of pyridine rings is 1. The van der Waals surface area contributed by atoms with E-state index in [4.69, 9.17) is 0 Å². The zero-order valence-corrected chi connectivity index (χ0v) is 12.3. The summed E-state index contributed by atoms with van der Waals surface area (Å²) in [6.07, 6.45) is 3.68. The quantitative estimate of drug-likeness (QED) is 0.610. The minimum absolute atomic E-state index is 0.252. The van der Waals surface area contributed by atoms with Crippen LogP contribution in [0.4, 0.5) is 16.4 Å². The maximum atomic E-state index is 11.6. The minimum atomic E-state index is -0.252. The fraction of sp³-hybridized carbons (Fsp3) is 0.417. The summed E-state index contributed by atoms with van der Waals surface area (Å²) >= 11 is 1.68. The topological polar surface area (TPSA) is 94.7 Å². The van der Waals surface area contributed by atoms with Gasteiger partial charge in [-0.1, -0.05) is 0 Å². The van der Waals surface area contributed by atoms with Crippen molar-refractivity contribution < 1.29 is 4.79 Å². The molecule has 0 saturated heterocycles. The van der Waals surface area contributed by atoms with E-state index in [1.807, 2.05) is 13.2 Å². The molecular weight excluding hydrogens is 276 g/mol. The first-order valence-electron chi connectivity index (χ1n) is 6.36. The summed E-state index contributed by atoms with van der Waals surface area (Å²) in [6.45, 7) is 3.42. The molecule has 0 fully saturated rings. The van der Waals surface area contributed by atoms with Gasteiger partial charge in [0.25, 0.3) is 0 Å². The molecule has 0 bridgehead atoms. The molecule has 2 rings (SSSR count). The van der Waals surface area contributed by atoms with Gasteiger partial charge in [-0.3, -0.25) is 10.4 Å². The monoisotopic (exact) mass is 294 g/mol. The van der Waals surface area contributed by atoms with Gasteiger partial charge >= 0.3 is 6.03 Å². The number of carbonyl (C=O) groups excluding carboxylic acids is 1. The lowest BCUT2D eigenvalue weighted by Crippen LogP contribution is -2.30. The predicted octanol–water partition coefficient (Wildman–Crippen LogP) is 1.87. The zero-order chi connectivity index (χ0) is 14.4. The van der Waals surface area contributed by atoms with E-state index in [-0.39, 0.29) is 6.03 Å². The van der Waals surface area contributed by atoms with Crippen molar-refractivity contribution in [2.24, 2.45) is 0 Å². The highest BCUT2D eigenvalue weighted by Crippen LogP contribution is 2.21. The van der Waals surface area contributed by atoms with Crippen LogP contribution in [-0.2, 0) is 0 Å². The third-order valence-corrected chi connectivity index (χ3v) is 3.24. The van der Waals surface area contributed by atoms with E-state index >= 15 is 0 Å². The molecule has 2 aromatic heterocycles. The Hall–Kier alpha value is -1.96. The van der Waals surface area contributed by atoms with Crippen molar-refractivity contribution >= 4 is 40.3 Å².